The van der Waals surface area contributed by atoms with Crippen molar-refractivity contribution in [3.63, 3.8) is 0 Å². The number of nitrogens with zero attached hydrogens (tertiary/aromatic N) is 3. The highest BCUT2D eigenvalue weighted by atomic mass is 16.5. The number of aryl methyl sites for hydroxylation is 1. The summed E-state index contributed by atoms with van der Waals surface area (Å²) in [6, 6.07) is 15.9. The normalized spacial score (nSPS) is 16.9. The summed E-state index contributed by atoms with van der Waals surface area (Å²) in [7, 11) is 3.69. The SMILES string of the molecule is COc1ccc(CNC(=O)[C@@H]2CCCN(c3nc4ccccc4n3C)C2)cc1. The van der Waals surface area contributed by atoms with Crippen LogP contribution in [-0.2, 0) is 18.4 Å². The molecule has 0 radical (unpaired) electrons. The van der Waals surface area contributed by atoms with Crippen LogP contribution in [0.5, 0.6) is 5.75 Å². The molecule has 1 aromatic heterocycles. The second-order valence-corrected chi connectivity index (χ2v) is 7.31. The molecule has 1 N–H and O–H groups in total. The summed E-state index contributed by atoms with van der Waals surface area (Å²) in [4.78, 5) is 19.8. The van der Waals surface area contributed by atoms with Gasteiger partial charge >= 0.3 is 0 Å². The third kappa shape index (κ3) is 3.67. The first-order valence-electron chi connectivity index (χ1n) is 9.73. The first-order valence-corrected chi connectivity index (χ1v) is 9.73. The van der Waals surface area contributed by atoms with E-state index < -0.39 is 0 Å². The Morgan fingerprint density at radius 3 is 2.75 bits per heavy atom. The fraction of sp³-hybridized carbons (Fsp3) is 0.364. The van der Waals surface area contributed by atoms with E-state index in [2.05, 4.69) is 20.9 Å². The number of hydrogen-bond acceptors (Lipinski definition) is 4. The second kappa shape index (κ2) is 7.92. The molecule has 6 heteroatoms. The molecule has 0 saturated carbocycles. The van der Waals surface area contributed by atoms with Crippen molar-refractivity contribution in [1.82, 2.24) is 14.9 Å². The first kappa shape index (κ1) is 18.3. The fourth-order valence-electron chi connectivity index (χ4n) is 3.87. The Kier molecular flexibility index (Phi) is 5.19. The van der Waals surface area contributed by atoms with Gasteiger partial charge in [0, 0.05) is 26.7 Å². The standard InChI is InChI=1S/C22H26N4O2/c1-25-20-8-4-3-7-19(20)24-22(25)26-13-5-6-17(15-26)21(27)23-14-16-9-11-18(28-2)12-10-16/h3-4,7-12,17H,5-6,13-15H2,1-2H3,(H,23,27)/t17-/m1/s1. The van der Waals surface area contributed by atoms with Gasteiger partial charge in [0.25, 0.3) is 0 Å². The maximum atomic E-state index is 12.7. The minimum absolute atomic E-state index is 0.0215. The molecule has 1 aliphatic heterocycles. The van der Waals surface area contributed by atoms with E-state index in [-0.39, 0.29) is 11.8 Å². The number of methoxy groups -OCH3 is 1. The van der Waals surface area contributed by atoms with Crippen LogP contribution in [0.4, 0.5) is 5.95 Å². The molecule has 2 heterocycles. The van der Waals surface area contributed by atoms with Gasteiger partial charge in [-0.25, -0.2) is 4.98 Å². The van der Waals surface area contributed by atoms with Gasteiger partial charge in [0.15, 0.2) is 0 Å². The third-order valence-electron chi connectivity index (χ3n) is 5.46. The highest BCUT2D eigenvalue weighted by Crippen LogP contribution is 2.26. The number of anilines is 1. The molecule has 4 rings (SSSR count). The van der Waals surface area contributed by atoms with E-state index in [0.717, 1.165) is 47.7 Å². The lowest BCUT2D eigenvalue weighted by Gasteiger charge is -2.32. The first-order chi connectivity index (χ1) is 13.7. The van der Waals surface area contributed by atoms with Crippen molar-refractivity contribution in [1.29, 1.82) is 0 Å². The Morgan fingerprint density at radius 1 is 1.21 bits per heavy atom. The molecule has 1 aliphatic rings. The molecule has 1 amide bonds. The monoisotopic (exact) mass is 378 g/mol. The van der Waals surface area contributed by atoms with Gasteiger partial charge in [-0.15, -0.1) is 0 Å². The summed E-state index contributed by atoms with van der Waals surface area (Å²) in [5, 5.41) is 3.09. The summed E-state index contributed by atoms with van der Waals surface area (Å²) in [5.74, 6) is 1.85. The lowest BCUT2D eigenvalue weighted by molar-refractivity contribution is -0.125. The van der Waals surface area contributed by atoms with E-state index in [1.165, 1.54) is 0 Å². The molecule has 1 saturated heterocycles. The predicted molar refractivity (Wildman–Crippen MR) is 110 cm³/mol. The van der Waals surface area contributed by atoms with Gasteiger partial charge in [-0.05, 0) is 42.7 Å². The molecule has 28 heavy (non-hydrogen) atoms. The van der Waals surface area contributed by atoms with Crippen LogP contribution in [-0.4, -0.2) is 35.7 Å². The van der Waals surface area contributed by atoms with Gasteiger partial charge in [-0.1, -0.05) is 24.3 Å². The Hall–Kier alpha value is -3.02. The van der Waals surface area contributed by atoms with Gasteiger partial charge in [-0.2, -0.15) is 0 Å². The lowest BCUT2D eigenvalue weighted by atomic mass is 9.97. The zero-order valence-corrected chi connectivity index (χ0v) is 16.4. The molecule has 2 aromatic carbocycles. The minimum Gasteiger partial charge on any atom is -0.497 e. The lowest BCUT2D eigenvalue weighted by Crippen LogP contribution is -2.43. The number of piperidine rings is 1. The van der Waals surface area contributed by atoms with Crippen LogP contribution in [0.1, 0.15) is 18.4 Å². The maximum Gasteiger partial charge on any atom is 0.225 e. The van der Waals surface area contributed by atoms with Crippen molar-refractivity contribution >= 4 is 22.9 Å². The molecule has 0 spiro atoms. The van der Waals surface area contributed by atoms with E-state index in [1.54, 1.807) is 7.11 Å². The van der Waals surface area contributed by atoms with Crippen molar-refractivity contribution < 1.29 is 9.53 Å². The number of carbonyl (C=O) groups is 1. The Balaban J connectivity index is 1.41. The number of amides is 1. The molecule has 0 aliphatic carbocycles. The number of hydrogen-bond donors (Lipinski definition) is 1. The molecule has 146 valence electrons. The predicted octanol–water partition coefficient (Wildman–Crippen LogP) is 3.11. The largest absolute Gasteiger partial charge is 0.497 e. The second-order valence-electron chi connectivity index (χ2n) is 7.31. The van der Waals surface area contributed by atoms with Crippen LogP contribution in [0.3, 0.4) is 0 Å². The highest BCUT2D eigenvalue weighted by molar-refractivity contribution is 5.81. The Bertz CT molecular complexity index is 964. The fourth-order valence-corrected chi connectivity index (χ4v) is 3.87. The highest BCUT2D eigenvalue weighted by Gasteiger charge is 2.28. The molecule has 0 bridgehead atoms. The van der Waals surface area contributed by atoms with Crippen LogP contribution < -0.4 is 15.0 Å². The number of carbonyl (C=O) groups excluding carboxylic acids is 1. The van der Waals surface area contributed by atoms with E-state index in [9.17, 15) is 4.79 Å². The summed E-state index contributed by atoms with van der Waals surface area (Å²) >= 11 is 0. The van der Waals surface area contributed by atoms with Gasteiger partial charge in [0.2, 0.25) is 11.9 Å². The number of ether oxygens (including phenoxy) is 1. The molecule has 0 unspecified atom stereocenters. The molecule has 3 aromatic rings. The molecule has 1 atom stereocenters. The number of rotatable bonds is 5. The van der Waals surface area contributed by atoms with Gasteiger partial charge in [0.1, 0.15) is 5.75 Å². The summed E-state index contributed by atoms with van der Waals surface area (Å²) in [5.41, 5.74) is 3.17. The van der Waals surface area contributed by atoms with Crippen molar-refractivity contribution in [2.24, 2.45) is 13.0 Å². The summed E-state index contributed by atoms with van der Waals surface area (Å²) < 4.78 is 7.29. The zero-order valence-electron chi connectivity index (χ0n) is 16.4. The van der Waals surface area contributed by atoms with Gasteiger partial charge < -0.3 is 19.5 Å². The molecule has 6 nitrogen and oxygen atoms in total. The van der Waals surface area contributed by atoms with E-state index >= 15 is 0 Å². The number of nitrogens with one attached hydrogen (secondary N) is 1. The third-order valence-corrected chi connectivity index (χ3v) is 5.46. The van der Waals surface area contributed by atoms with Crippen molar-refractivity contribution in [2.75, 3.05) is 25.1 Å². The zero-order chi connectivity index (χ0) is 19.5. The summed E-state index contributed by atoms with van der Waals surface area (Å²) in [6.07, 6.45) is 1.90. The number of imidazole rings is 1. The van der Waals surface area contributed by atoms with E-state index in [1.807, 2.05) is 49.5 Å². The van der Waals surface area contributed by atoms with Crippen molar-refractivity contribution in [3.8, 4) is 5.75 Å². The van der Waals surface area contributed by atoms with E-state index in [0.29, 0.717) is 13.1 Å². The number of fused-ring (bicyclic) bond motifs is 1. The van der Waals surface area contributed by atoms with Crippen LogP contribution in [0.25, 0.3) is 11.0 Å². The number of para-hydroxylation sites is 2. The number of aromatic nitrogens is 2. The van der Waals surface area contributed by atoms with Crippen LogP contribution >= 0.6 is 0 Å². The van der Waals surface area contributed by atoms with E-state index in [4.69, 9.17) is 9.72 Å². The topological polar surface area (TPSA) is 59.4 Å². The molecular formula is C22H26N4O2. The maximum absolute atomic E-state index is 12.7. The van der Waals surface area contributed by atoms with Crippen LogP contribution in [0, 0.1) is 5.92 Å². The van der Waals surface area contributed by atoms with Gasteiger partial charge in [0.05, 0.1) is 24.1 Å². The average molecular weight is 378 g/mol. The average Bonchev–Trinajstić information content (AvgIpc) is 3.09. The quantitative estimate of drug-likeness (QED) is 0.741. The van der Waals surface area contributed by atoms with Crippen LogP contribution in [0.2, 0.25) is 0 Å². The Labute approximate surface area is 165 Å². The minimum atomic E-state index is -0.0215. The van der Waals surface area contributed by atoms with Crippen molar-refractivity contribution in [3.05, 3.63) is 54.1 Å². The Morgan fingerprint density at radius 2 is 2.00 bits per heavy atom. The van der Waals surface area contributed by atoms with Crippen molar-refractivity contribution in [2.45, 2.75) is 19.4 Å². The molecular weight excluding hydrogens is 352 g/mol. The molecule has 1 fully saturated rings. The number of benzene rings is 2. The smallest absolute Gasteiger partial charge is 0.225 e. The summed E-state index contributed by atoms with van der Waals surface area (Å²) in [6.45, 7) is 2.16. The van der Waals surface area contributed by atoms with Gasteiger partial charge in [-0.3, -0.25) is 4.79 Å². The van der Waals surface area contributed by atoms with Crippen LogP contribution in [0.15, 0.2) is 48.5 Å².